The van der Waals surface area contributed by atoms with E-state index in [0.29, 0.717) is 11.7 Å². The van der Waals surface area contributed by atoms with Crippen LogP contribution in [0.5, 0.6) is 0 Å². The average molecular weight is 361 g/mol. The number of halogens is 3. The van der Waals surface area contributed by atoms with E-state index >= 15 is 0 Å². The van der Waals surface area contributed by atoms with Gasteiger partial charge in [0.1, 0.15) is 11.6 Å². The fourth-order valence-electron chi connectivity index (χ4n) is 3.47. The van der Waals surface area contributed by atoms with Gasteiger partial charge in [-0.25, -0.2) is 4.98 Å². The summed E-state index contributed by atoms with van der Waals surface area (Å²) in [6, 6.07) is 8.33. The molecule has 0 radical (unpaired) electrons. The number of nitrogens with zero attached hydrogens (tertiary/aromatic N) is 5. The van der Waals surface area contributed by atoms with Crippen molar-refractivity contribution in [3.8, 4) is 0 Å². The van der Waals surface area contributed by atoms with Crippen molar-refractivity contribution in [2.24, 2.45) is 5.92 Å². The number of fused-ring (bicyclic) bond motifs is 1. The third kappa shape index (κ3) is 3.36. The molecule has 4 rings (SSSR count). The third-order valence-electron chi connectivity index (χ3n) is 4.77. The molecular formula is C18H18F3N5. The minimum absolute atomic E-state index is 0.362. The van der Waals surface area contributed by atoms with E-state index in [4.69, 9.17) is 0 Å². The van der Waals surface area contributed by atoms with Gasteiger partial charge in [0, 0.05) is 31.9 Å². The van der Waals surface area contributed by atoms with Gasteiger partial charge in [0.15, 0.2) is 5.65 Å². The molecule has 0 amide bonds. The lowest BCUT2D eigenvalue weighted by molar-refractivity contribution is -0.137. The quantitative estimate of drug-likeness (QED) is 0.715. The maximum Gasteiger partial charge on any atom is 0.417 e. The van der Waals surface area contributed by atoms with E-state index in [2.05, 4.69) is 20.1 Å². The molecule has 1 unspecified atom stereocenters. The number of hydrogen-bond donors (Lipinski definition) is 0. The van der Waals surface area contributed by atoms with Gasteiger partial charge >= 0.3 is 6.18 Å². The fourth-order valence-corrected chi connectivity index (χ4v) is 3.47. The lowest BCUT2D eigenvalue weighted by Gasteiger charge is -2.33. The summed E-state index contributed by atoms with van der Waals surface area (Å²) in [7, 11) is 0. The van der Waals surface area contributed by atoms with Crippen LogP contribution in [0.1, 0.15) is 24.2 Å². The van der Waals surface area contributed by atoms with Crippen LogP contribution in [0.3, 0.4) is 0 Å². The number of hydrogen-bond acceptors (Lipinski definition) is 4. The zero-order valence-corrected chi connectivity index (χ0v) is 14.0. The SMILES string of the molecule is FC(F)(F)c1ccc(N2CCCC(Cc3nnc4ccccn34)C2)nc1. The van der Waals surface area contributed by atoms with Crippen LogP contribution >= 0.6 is 0 Å². The molecule has 5 nitrogen and oxygen atoms in total. The Morgan fingerprint density at radius 2 is 2.00 bits per heavy atom. The van der Waals surface area contributed by atoms with E-state index in [1.807, 2.05) is 28.8 Å². The normalized spacial score (nSPS) is 18.4. The van der Waals surface area contributed by atoms with Crippen molar-refractivity contribution < 1.29 is 13.2 Å². The Balaban J connectivity index is 1.47. The first-order valence-electron chi connectivity index (χ1n) is 8.57. The predicted molar refractivity (Wildman–Crippen MR) is 90.9 cm³/mol. The van der Waals surface area contributed by atoms with Crippen LogP contribution in [-0.2, 0) is 12.6 Å². The van der Waals surface area contributed by atoms with E-state index in [9.17, 15) is 13.2 Å². The zero-order chi connectivity index (χ0) is 18.1. The highest BCUT2D eigenvalue weighted by atomic mass is 19.4. The Hall–Kier alpha value is -2.64. The van der Waals surface area contributed by atoms with E-state index in [1.165, 1.54) is 6.07 Å². The van der Waals surface area contributed by atoms with Gasteiger partial charge in [-0.3, -0.25) is 4.40 Å². The lowest BCUT2D eigenvalue weighted by atomic mass is 9.94. The van der Waals surface area contributed by atoms with Gasteiger partial charge in [-0.15, -0.1) is 10.2 Å². The lowest BCUT2D eigenvalue weighted by Crippen LogP contribution is -2.37. The molecule has 136 valence electrons. The van der Waals surface area contributed by atoms with Crippen molar-refractivity contribution >= 4 is 11.5 Å². The Bertz CT molecular complexity index is 888. The molecule has 1 saturated heterocycles. The average Bonchev–Trinajstić information content (AvgIpc) is 3.04. The largest absolute Gasteiger partial charge is 0.417 e. The molecule has 1 atom stereocenters. The monoisotopic (exact) mass is 361 g/mol. The van der Waals surface area contributed by atoms with Crippen LogP contribution < -0.4 is 4.90 Å². The van der Waals surface area contributed by atoms with Gasteiger partial charge in [0.25, 0.3) is 0 Å². The van der Waals surface area contributed by atoms with Gasteiger partial charge in [-0.1, -0.05) is 6.07 Å². The summed E-state index contributed by atoms with van der Waals surface area (Å²) in [5.41, 5.74) is 0.101. The van der Waals surface area contributed by atoms with Gasteiger partial charge < -0.3 is 4.90 Å². The van der Waals surface area contributed by atoms with Crippen LogP contribution in [-0.4, -0.2) is 32.7 Å². The Morgan fingerprint density at radius 1 is 1.12 bits per heavy atom. The maximum absolute atomic E-state index is 12.7. The Morgan fingerprint density at radius 3 is 2.77 bits per heavy atom. The van der Waals surface area contributed by atoms with Gasteiger partial charge in [-0.2, -0.15) is 13.2 Å². The van der Waals surface area contributed by atoms with Gasteiger partial charge in [0.05, 0.1) is 5.56 Å². The molecule has 3 aromatic heterocycles. The number of rotatable bonds is 3. The molecule has 1 aliphatic heterocycles. The molecule has 0 N–H and O–H groups in total. The van der Waals surface area contributed by atoms with E-state index in [1.54, 1.807) is 0 Å². The maximum atomic E-state index is 12.7. The molecule has 8 heteroatoms. The van der Waals surface area contributed by atoms with Crippen molar-refractivity contribution in [1.82, 2.24) is 19.6 Å². The highest BCUT2D eigenvalue weighted by molar-refractivity contribution is 5.41. The number of aromatic nitrogens is 4. The van der Waals surface area contributed by atoms with Gasteiger partial charge in [-0.05, 0) is 43.0 Å². The fraction of sp³-hybridized carbons (Fsp3) is 0.389. The first kappa shape index (κ1) is 16.8. The second-order valence-electron chi connectivity index (χ2n) is 6.61. The minimum atomic E-state index is -4.36. The number of anilines is 1. The standard InChI is InChI=1S/C18H18F3N5/c19-18(20,21)14-6-7-15(22-11-14)25-8-3-4-13(12-25)10-17-24-23-16-5-1-2-9-26(16)17/h1-2,5-7,9,11,13H,3-4,8,10,12H2. The topological polar surface area (TPSA) is 46.3 Å². The molecule has 0 aliphatic carbocycles. The highest BCUT2D eigenvalue weighted by Gasteiger charge is 2.31. The number of alkyl halides is 3. The summed E-state index contributed by atoms with van der Waals surface area (Å²) in [6.07, 6.45) is 1.31. The van der Waals surface area contributed by atoms with E-state index in [0.717, 1.165) is 56.1 Å². The second kappa shape index (κ2) is 6.59. The molecule has 0 saturated carbocycles. The van der Waals surface area contributed by atoms with E-state index in [-0.39, 0.29) is 0 Å². The summed E-state index contributed by atoms with van der Waals surface area (Å²) < 4.78 is 40.1. The summed E-state index contributed by atoms with van der Waals surface area (Å²) >= 11 is 0. The van der Waals surface area contributed by atoms with Crippen molar-refractivity contribution in [2.45, 2.75) is 25.4 Å². The molecule has 3 aromatic rings. The molecular weight excluding hydrogens is 343 g/mol. The summed E-state index contributed by atoms with van der Waals surface area (Å²) in [6.45, 7) is 1.55. The predicted octanol–water partition coefficient (Wildman–Crippen LogP) is 3.60. The van der Waals surface area contributed by atoms with Crippen LogP contribution in [0.25, 0.3) is 5.65 Å². The first-order valence-corrected chi connectivity index (χ1v) is 8.57. The van der Waals surface area contributed by atoms with Crippen LogP contribution in [0.2, 0.25) is 0 Å². The van der Waals surface area contributed by atoms with Crippen LogP contribution in [0, 0.1) is 5.92 Å². The molecule has 0 spiro atoms. The van der Waals surface area contributed by atoms with Crippen LogP contribution in [0.15, 0.2) is 42.7 Å². The van der Waals surface area contributed by atoms with Crippen molar-refractivity contribution in [1.29, 1.82) is 0 Å². The van der Waals surface area contributed by atoms with Crippen LogP contribution in [0.4, 0.5) is 19.0 Å². The van der Waals surface area contributed by atoms with Gasteiger partial charge in [0.2, 0.25) is 0 Å². The molecule has 0 bridgehead atoms. The smallest absolute Gasteiger partial charge is 0.356 e. The minimum Gasteiger partial charge on any atom is -0.356 e. The first-order chi connectivity index (χ1) is 12.5. The van der Waals surface area contributed by atoms with E-state index < -0.39 is 11.7 Å². The Kier molecular flexibility index (Phi) is 4.26. The molecule has 0 aromatic carbocycles. The zero-order valence-electron chi connectivity index (χ0n) is 14.0. The molecule has 26 heavy (non-hydrogen) atoms. The Labute approximate surface area is 148 Å². The third-order valence-corrected chi connectivity index (χ3v) is 4.77. The molecule has 1 aliphatic rings. The second-order valence-corrected chi connectivity index (χ2v) is 6.61. The summed E-state index contributed by atoms with van der Waals surface area (Å²) in [4.78, 5) is 6.08. The molecule has 4 heterocycles. The number of pyridine rings is 2. The summed E-state index contributed by atoms with van der Waals surface area (Å²) in [5.74, 6) is 1.86. The van der Waals surface area contributed by atoms with Crippen molar-refractivity contribution in [3.63, 3.8) is 0 Å². The highest BCUT2D eigenvalue weighted by Crippen LogP contribution is 2.30. The van der Waals surface area contributed by atoms with Crippen molar-refractivity contribution in [2.75, 3.05) is 18.0 Å². The number of piperidine rings is 1. The molecule has 1 fully saturated rings. The van der Waals surface area contributed by atoms with Crippen molar-refractivity contribution in [3.05, 3.63) is 54.1 Å². The summed E-state index contributed by atoms with van der Waals surface area (Å²) in [5, 5.41) is 8.45.